The minimum Gasteiger partial charge on any atom is -0.381 e. The maximum absolute atomic E-state index is 12.2. The normalized spacial score (nSPS) is 15.6. The van der Waals surface area contributed by atoms with Crippen LogP contribution in [0.1, 0.15) is 32.3 Å². The minimum absolute atomic E-state index is 0. The number of aromatic nitrogens is 1. The summed E-state index contributed by atoms with van der Waals surface area (Å²) in [5, 5.41) is 2.91. The summed E-state index contributed by atoms with van der Waals surface area (Å²) in [6, 6.07) is 3.98. The van der Waals surface area contributed by atoms with Crippen molar-refractivity contribution in [3.8, 4) is 0 Å². The van der Waals surface area contributed by atoms with Crippen molar-refractivity contribution in [2.24, 2.45) is 5.73 Å². The molecule has 1 aliphatic rings. The number of halogens is 2. The van der Waals surface area contributed by atoms with E-state index in [-0.39, 0.29) is 30.7 Å². The fraction of sp³-hybridized carbons (Fsp3) is 0.625. The van der Waals surface area contributed by atoms with Crippen LogP contribution in [0.5, 0.6) is 0 Å². The van der Waals surface area contributed by atoms with Gasteiger partial charge in [0.05, 0.1) is 5.54 Å². The number of hydrogen-bond acceptors (Lipinski definition) is 5. The summed E-state index contributed by atoms with van der Waals surface area (Å²) >= 11 is 0. The lowest BCUT2D eigenvalue weighted by molar-refractivity contribution is -0.129. The molecule has 2 rings (SSSR count). The van der Waals surface area contributed by atoms with Crippen molar-refractivity contribution in [3.63, 3.8) is 0 Å². The quantitative estimate of drug-likeness (QED) is 0.789. The van der Waals surface area contributed by atoms with Crippen LogP contribution in [-0.2, 0) is 16.1 Å². The molecule has 6 nitrogen and oxygen atoms in total. The summed E-state index contributed by atoms with van der Waals surface area (Å²) in [6.07, 6.45) is 2.94. The van der Waals surface area contributed by atoms with Gasteiger partial charge in [0.25, 0.3) is 0 Å². The molecule has 0 unspecified atom stereocenters. The number of nitrogens with two attached hydrogens (primary N) is 1. The highest BCUT2D eigenvalue weighted by Gasteiger charge is 2.35. The Morgan fingerprint density at radius 3 is 2.42 bits per heavy atom. The maximum atomic E-state index is 12.2. The van der Waals surface area contributed by atoms with Crippen LogP contribution in [-0.4, -0.2) is 42.7 Å². The van der Waals surface area contributed by atoms with Crippen LogP contribution in [0.4, 0.5) is 5.82 Å². The van der Waals surface area contributed by atoms with Crippen LogP contribution < -0.4 is 16.0 Å². The van der Waals surface area contributed by atoms with Gasteiger partial charge >= 0.3 is 0 Å². The summed E-state index contributed by atoms with van der Waals surface area (Å²) in [6.45, 7) is 7.61. The van der Waals surface area contributed by atoms with Gasteiger partial charge in [-0.1, -0.05) is 6.07 Å². The molecule has 138 valence electrons. The number of carbonyl (C=O) groups is 1. The number of carbonyl (C=O) groups excluding carboxylic acids is 1. The first-order chi connectivity index (χ1) is 10.6. The summed E-state index contributed by atoms with van der Waals surface area (Å²) < 4.78 is 5.26. The number of nitrogens with zero attached hydrogens (tertiary/aromatic N) is 2. The van der Waals surface area contributed by atoms with Gasteiger partial charge in [-0.25, -0.2) is 4.98 Å². The van der Waals surface area contributed by atoms with E-state index in [2.05, 4.69) is 29.0 Å². The van der Waals surface area contributed by atoms with Crippen molar-refractivity contribution >= 4 is 36.5 Å². The molecule has 0 spiro atoms. The molecule has 0 atom stereocenters. The standard InChI is InChI=1S/C16H26N4O2.2ClH/c1-3-20(4-2)14-6-5-13(11-18-14)12-19-15(21)16(17)7-9-22-10-8-16;;/h5-6,11H,3-4,7-10,12,17H2,1-2H3,(H,19,21);2*1H. The van der Waals surface area contributed by atoms with Crippen molar-refractivity contribution in [2.45, 2.75) is 38.8 Å². The fourth-order valence-corrected chi connectivity index (χ4v) is 2.58. The van der Waals surface area contributed by atoms with Crippen LogP contribution >= 0.6 is 24.8 Å². The van der Waals surface area contributed by atoms with Gasteiger partial charge in [0.2, 0.25) is 5.91 Å². The van der Waals surface area contributed by atoms with E-state index in [0.717, 1.165) is 24.5 Å². The molecule has 1 amide bonds. The topological polar surface area (TPSA) is 80.5 Å². The van der Waals surface area contributed by atoms with Crippen molar-refractivity contribution in [3.05, 3.63) is 23.9 Å². The molecule has 0 aromatic carbocycles. The third-order valence-corrected chi connectivity index (χ3v) is 4.19. The van der Waals surface area contributed by atoms with Gasteiger partial charge < -0.3 is 20.7 Å². The second kappa shape index (κ2) is 10.7. The third-order valence-electron chi connectivity index (χ3n) is 4.19. The van der Waals surface area contributed by atoms with Gasteiger partial charge in [0, 0.05) is 39.0 Å². The maximum Gasteiger partial charge on any atom is 0.240 e. The number of nitrogens with one attached hydrogen (secondary N) is 1. The molecule has 24 heavy (non-hydrogen) atoms. The first-order valence-electron chi connectivity index (χ1n) is 7.94. The smallest absolute Gasteiger partial charge is 0.240 e. The predicted molar refractivity (Wildman–Crippen MR) is 101 cm³/mol. The lowest BCUT2D eigenvalue weighted by Crippen LogP contribution is -2.56. The van der Waals surface area contributed by atoms with E-state index in [1.54, 1.807) is 6.20 Å². The molecule has 2 heterocycles. The van der Waals surface area contributed by atoms with E-state index in [4.69, 9.17) is 10.5 Å². The van der Waals surface area contributed by atoms with Crippen LogP contribution in [0.3, 0.4) is 0 Å². The molecule has 0 saturated carbocycles. The molecule has 0 aliphatic carbocycles. The Hall–Kier alpha value is -1.08. The van der Waals surface area contributed by atoms with Gasteiger partial charge in [-0.15, -0.1) is 24.8 Å². The monoisotopic (exact) mass is 378 g/mol. The van der Waals surface area contributed by atoms with E-state index in [0.29, 0.717) is 32.6 Å². The average molecular weight is 379 g/mol. The van der Waals surface area contributed by atoms with E-state index in [1.807, 2.05) is 12.1 Å². The van der Waals surface area contributed by atoms with Gasteiger partial charge in [-0.3, -0.25) is 4.79 Å². The fourth-order valence-electron chi connectivity index (χ4n) is 2.58. The second-order valence-electron chi connectivity index (χ2n) is 5.65. The van der Waals surface area contributed by atoms with Crippen LogP contribution in [0.15, 0.2) is 18.3 Å². The first kappa shape index (κ1) is 22.9. The Morgan fingerprint density at radius 2 is 1.92 bits per heavy atom. The Bertz CT molecular complexity index is 489. The summed E-state index contributed by atoms with van der Waals surface area (Å²) in [4.78, 5) is 18.9. The highest BCUT2D eigenvalue weighted by Crippen LogP contribution is 2.18. The molecule has 1 aromatic heterocycles. The summed E-state index contributed by atoms with van der Waals surface area (Å²) in [7, 11) is 0. The minimum atomic E-state index is -0.799. The Balaban J connectivity index is 0.00000264. The highest BCUT2D eigenvalue weighted by atomic mass is 35.5. The van der Waals surface area contributed by atoms with Gasteiger partial charge in [0.1, 0.15) is 5.82 Å². The van der Waals surface area contributed by atoms with E-state index < -0.39 is 5.54 Å². The molecule has 3 N–H and O–H groups in total. The number of anilines is 1. The molecular weight excluding hydrogens is 351 g/mol. The van der Waals surface area contributed by atoms with Crippen molar-refractivity contribution in [1.82, 2.24) is 10.3 Å². The van der Waals surface area contributed by atoms with E-state index in [9.17, 15) is 4.79 Å². The van der Waals surface area contributed by atoms with E-state index >= 15 is 0 Å². The zero-order chi connectivity index (χ0) is 16.0. The number of ether oxygens (including phenoxy) is 1. The molecule has 0 bridgehead atoms. The highest BCUT2D eigenvalue weighted by molar-refractivity contribution is 5.86. The van der Waals surface area contributed by atoms with Gasteiger partial charge in [-0.05, 0) is 38.3 Å². The molecular formula is C16H28Cl2N4O2. The summed E-state index contributed by atoms with van der Waals surface area (Å²) in [5.74, 6) is 0.850. The average Bonchev–Trinajstić information content (AvgIpc) is 2.55. The molecule has 8 heteroatoms. The zero-order valence-electron chi connectivity index (χ0n) is 14.3. The number of pyridine rings is 1. The van der Waals surface area contributed by atoms with Crippen molar-refractivity contribution < 1.29 is 9.53 Å². The zero-order valence-corrected chi connectivity index (χ0v) is 15.9. The Labute approximate surface area is 156 Å². The van der Waals surface area contributed by atoms with Crippen LogP contribution in [0.25, 0.3) is 0 Å². The lowest BCUT2D eigenvalue weighted by atomic mass is 9.90. The Kier molecular flexibility index (Phi) is 10.2. The predicted octanol–water partition coefficient (Wildman–Crippen LogP) is 1.90. The number of amides is 1. The molecule has 1 aliphatic heterocycles. The van der Waals surface area contributed by atoms with Gasteiger partial charge in [-0.2, -0.15) is 0 Å². The molecule has 0 radical (unpaired) electrons. The lowest BCUT2D eigenvalue weighted by Gasteiger charge is -2.31. The van der Waals surface area contributed by atoms with Crippen LogP contribution in [0.2, 0.25) is 0 Å². The molecule has 1 fully saturated rings. The van der Waals surface area contributed by atoms with Crippen molar-refractivity contribution in [2.75, 3.05) is 31.2 Å². The van der Waals surface area contributed by atoms with Crippen LogP contribution in [0, 0.1) is 0 Å². The Morgan fingerprint density at radius 1 is 1.29 bits per heavy atom. The molecule has 1 saturated heterocycles. The first-order valence-corrected chi connectivity index (χ1v) is 7.94. The third kappa shape index (κ3) is 5.77. The van der Waals surface area contributed by atoms with E-state index in [1.165, 1.54) is 0 Å². The number of hydrogen-bond donors (Lipinski definition) is 2. The summed E-state index contributed by atoms with van der Waals surface area (Å²) in [5.41, 5.74) is 6.33. The SMILES string of the molecule is CCN(CC)c1ccc(CNC(=O)C2(N)CCOCC2)cn1.Cl.Cl. The van der Waals surface area contributed by atoms with Crippen molar-refractivity contribution in [1.29, 1.82) is 0 Å². The largest absolute Gasteiger partial charge is 0.381 e. The number of rotatable bonds is 6. The van der Waals surface area contributed by atoms with Gasteiger partial charge in [0.15, 0.2) is 0 Å². The second-order valence-corrected chi connectivity index (χ2v) is 5.65. The molecule has 1 aromatic rings.